The van der Waals surface area contributed by atoms with Crippen LogP contribution in [0.3, 0.4) is 0 Å². The van der Waals surface area contributed by atoms with Crippen molar-refractivity contribution in [3.63, 3.8) is 0 Å². The Balaban J connectivity index is 2.10. The van der Waals surface area contributed by atoms with Gasteiger partial charge in [0, 0.05) is 13.1 Å². The van der Waals surface area contributed by atoms with Crippen molar-refractivity contribution >= 4 is 5.91 Å². The number of hydrogen-bond donors (Lipinski definition) is 4. The van der Waals surface area contributed by atoms with Gasteiger partial charge in [0.25, 0.3) is 0 Å². The normalized spacial score (nSPS) is 22.0. The van der Waals surface area contributed by atoms with Gasteiger partial charge in [0.1, 0.15) is 0 Å². The zero-order valence-electron chi connectivity index (χ0n) is 7.62. The molecule has 0 saturated heterocycles. The van der Waals surface area contributed by atoms with Crippen LogP contribution in [0.1, 0.15) is 19.3 Å². The van der Waals surface area contributed by atoms with Gasteiger partial charge in [-0.2, -0.15) is 0 Å². The first-order valence-corrected chi connectivity index (χ1v) is 4.51. The molecule has 1 atom stereocenters. The third-order valence-electron chi connectivity index (χ3n) is 2.47. The van der Waals surface area contributed by atoms with Crippen molar-refractivity contribution in [2.75, 3.05) is 13.1 Å². The molecular weight excluding hydrogens is 170 g/mol. The minimum atomic E-state index is -0.663. The average Bonchev–Trinajstić information content (AvgIpc) is 2.01. The molecule has 5 heteroatoms. The molecule has 0 spiro atoms. The van der Waals surface area contributed by atoms with E-state index in [2.05, 4.69) is 5.32 Å². The molecule has 0 aliphatic heterocycles. The Hall–Kier alpha value is -0.650. The highest BCUT2D eigenvalue weighted by Crippen LogP contribution is 2.30. The smallest absolute Gasteiger partial charge is 0.235 e. The third kappa shape index (κ3) is 2.95. The summed E-state index contributed by atoms with van der Waals surface area (Å²) in [4.78, 5) is 10.5. The summed E-state index contributed by atoms with van der Waals surface area (Å²) in [5.74, 6) is -0.520. The van der Waals surface area contributed by atoms with E-state index in [1.54, 1.807) is 0 Å². The van der Waals surface area contributed by atoms with Gasteiger partial charge in [0.15, 0.2) is 0 Å². The lowest BCUT2D eigenvalue weighted by Crippen LogP contribution is -2.51. The predicted molar refractivity (Wildman–Crippen MR) is 48.8 cm³/mol. The van der Waals surface area contributed by atoms with Crippen molar-refractivity contribution in [1.82, 2.24) is 5.32 Å². The van der Waals surface area contributed by atoms with E-state index in [-0.39, 0.29) is 0 Å². The molecule has 13 heavy (non-hydrogen) atoms. The molecule has 0 radical (unpaired) electrons. The van der Waals surface area contributed by atoms with Crippen molar-refractivity contribution in [1.29, 1.82) is 0 Å². The highest BCUT2D eigenvalue weighted by molar-refractivity contribution is 5.79. The summed E-state index contributed by atoms with van der Waals surface area (Å²) in [7, 11) is 0. The highest BCUT2D eigenvalue weighted by atomic mass is 16.3. The van der Waals surface area contributed by atoms with Crippen molar-refractivity contribution in [2.24, 2.45) is 11.5 Å². The molecule has 0 aromatic carbocycles. The van der Waals surface area contributed by atoms with Gasteiger partial charge in [0.2, 0.25) is 5.91 Å². The quantitative estimate of drug-likeness (QED) is 0.412. The second-order valence-electron chi connectivity index (χ2n) is 3.72. The predicted octanol–water partition coefficient (Wildman–Crippen LogP) is -1.70. The van der Waals surface area contributed by atoms with Crippen LogP contribution in [-0.2, 0) is 4.79 Å². The van der Waals surface area contributed by atoms with Gasteiger partial charge in [-0.15, -0.1) is 0 Å². The van der Waals surface area contributed by atoms with E-state index in [4.69, 9.17) is 11.5 Å². The number of nitrogens with two attached hydrogens (primary N) is 2. The number of nitrogens with one attached hydrogen (secondary N) is 1. The van der Waals surface area contributed by atoms with Crippen molar-refractivity contribution in [3.05, 3.63) is 0 Å². The fourth-order valence-electron chi connectivity index (χ4n) is 1.32. The molecule has 0 aromatic rings. The standard InChI is InChI=1S/C8H17N3O2/c9-6(7(10)12)4-11-5-8(13)2-1-3-8/h6,11,13H,1-5,9H2,(H2,10,12). The highest BCUT2D eigenvalue weighted by Gasteiger charge is 2.33. The Labute approximate surface area is 77.5 Å². The Bertz CT molecular complexity index is 192. The van der Waals surface area contributed by atoms with Gasteiger partial charge in [-0.3, -0.25) is 4.79 Å². The number of carbonyl (C=O) groups excluding carboxylic acids is 1. The zero-order chi connectivity index (χ0) is 9.90. The van der Waals surface area contributed by atoms with Gasteiger partial charge < -0.3 is 21.9 Å². The van der Waals surface area contributed by atoms with Crippen LogP contribution in [0, 0.1) is 0 Å². The molecule has 5 nitrogen and oxygen atoms in total. The van der Waals surface area contributed by atoms with E-state index in [0.717, 1.165) is 19.3 Å². The van der Waals surface area contributed by atoms with E-state index in [1.807, 2.05) is 0 Å². The van der Waals surface area contributed by atoms with Crippen LogP contribution in [0.15, 0.2) is 0 Å². The molecule has 1 saturated carbocycles. The fourth-order valence-corrected chi connectivity index (χ4v) is 1.32. The molecule has 0 bridgehead atoms. The van der Waals surface area contributed by atoms with Gasteiger partial charge in [0.05, 0.1) is 11.6 Å². The fraction of sp³-hybridized carbons (Fsp3) is 0.875. The second-order valence-corrected chi connectivity index (χ2v) is 3.72. The first kappa shape index (κ1) is 10.4. The van der Waals surface area contributed by atoms with Crippen molar-refractivity contribution in [2.45, 2.75) is 30.9 Å². The Morgan fingerprint density at radius 2 is 2.23 bits per heavy atom. The van der Waals surface area contributed by atoms with E-state index in [1.165, 1.54) is 0 Å². The molecule has 1 fully saturated rings. The topological polar surface area (TPSA) is 101 Å². The van der Waals surface area contributed by atoms with Crippen LogP contribution in [0.2, 0.25) is 0 Å². The summed E-state index contributed by atoms with van der Waals surface area (Å²) >= 11 is 0. The van der Waals surface area contributed by atoms with Gasteiger partial charge in [-0.05, 0) is 19.3 Å². The van der Waals surface area contributed by atoms with Crippen LogP contribution in [0.5, 0.6) is 0 Å². The van der Waals surface area contributed by atoms with Crippen LogP contribution in [-0.4, -0.2) is 35.7 Å². The summed E-state index contributed by atoms with van der Waals surface area (Å²) in [5.41, 5.74) is 9.78. The summed E-state index contributed by atoms with van der Waals surface area (Å²) < 4.78 is 0. The molecule has 76 valence electrons. The zero-order valence-corrected chi connectivity index (χ0v) is 7.62. The lowest BCUT2D eigenvalue weighted by Gasteiger charge is -2.36. The lowest BCUT2D eigenvalue weighted by atomic mass is 9.80. The maximum absolute atomic E-state index is 10.5. The van der Waals surface area contributed by atoms with Crippen LogP contribution in [0.25, 0.3) is 0 Å². The van der Waals surface area contributed by atoms with Crippen molar-refractivity contribution < 1.29 is 9.90 Å². The van der Waals surface area contributed by atoms with E-state index >= 15 is 0 Å². The van der Waals surface area contributed by atoms with Gasteiger partial charge >= 0.3 is 0 Å². The van der Waals surface area contributed by atoms with Crippen LogP contribution < -0.4 is 16.8 Å². The molecule has 6 N–H and O–H groups in total. The maximum atomic E-state index is 10.5. The molecule has 1 aliphatic rings. The molecule has 0 aromatic heterocycles. The van der Waals surface area contributed by atoms with E-state index in [9.17, 15) is 9.90 Å². The minimum absolute atomic E-state index is 0.331. The maximum Gasteiger partial charge on any atom is 0.235 e. The monoisotopic (exact) mass is 187 g/mol. The largest absolute Gasteiger partial charge is 0.389 e. The first-order valence-electron chi connectivity index (χ1n) is 4.51. The first-order chi connectivity index (χ1) is 6.03. The number of amides is 1. The molecule has 1 rings (SSSR count). The summed E-state index contributed by atoms with van der Waals surface area (Å²) in [6.45, 7) is 0.825. The molecule has 1 aliphatic carbocycles. The molecule has 1 unspecified atom stereocenters. The number of primary amides is 1. The molecule has 0 heterocycles. The molecule has 1 amide bonds. The Morgan fingerprint density at radius 3 is 2.62 bits per heavy atom. The number of carbonyl (C=O) groups is 1. The lowest BCUT2D eigenvalue weighted by molar-refractivity contribution is -0.119. The summed E-state index contributed by atoms with van der Waals surface area (Å²) in [6, 6.07) is -0.663. The molecular formula is C8H17N3O2. The number of hydrogen-bond acceptors (Lipinski definition) is 4. The number of rotatable bonds is 5. The Kier molecular flexibility index (Phi) is 3.24. The average molecular weight is 187 g/mol. The minimum Gasteiger partial charge on any atom is -0.389 e. The van der Waals surface area contributed by atoms with E-state index < -0.39 is 17.6 Å². The summed E-state index contributed by atoms with van der Waals surface area (Å²) in [5, 5.41) is 12.6. The van der Waals surface area contributed by atoms with Crippen LogP contribution in [0.4, 0.5) is 0 Å². The van der Waals surface area contributed by atoms with Crippen LogP contribution >= 0.6 is 0 Å². The Morgan fingerprint density at radius 1 is 1.62 bits per heavy atom. The van der Waals surface area contributed by atoms with E-state index in [0.29, 0.717) is 13.1 Å². The third-order valence-corrected chi connectivity index (χ3v) is 2.47. The van der Waals surface area contributed by atoms with Crippen molar-refractivity contribution in [3.8, 4) is 0 Å². The van der Waals surface area contributed by atoms with Gasteiger partial charge in [-0.25, -0.2) is 0 Å². The van der Waals surface area contributed by atoms with Gasteiger partial charge in [-0.1, -0.05) is 0 Å². The second kappa shape index (κ2) is 4.04. The SMILES string of the molecule is NC(=O)C(N)CNCC1(O)CCC1. The summed E-state index contributed by atoms with van der Waals surface area (Å²) in [6.07, 6.45) is 2.72. The number of aliphatic hydroxyl groups is 1.